The summed E-state index contributed by atoms with van der Waals surface area (Å²) in [5.74, 6) is 0.307. The van der Waals surface area contributed by atoms with Crippen LogP contribution in [0.4, 0.5) is 0 Å². The summed E-state index contributed by atoms with van der Waals surface area (Å²) in [4.78, 5) is 25.1. The largest absolute Gasteiger partial charge is 0.342 e. The second-order valence-electron chi connectivity index (χ2n) is 6.15. The van der Waals surface area contributed by atoms with Crippen LogP contribution in [-0.2, 0) is 7.05 Å². The van der Waals surface area contributed by atoms with Crippen molar-refractivity contribution >= 4 is 22.5 Å². The molecule has 3 heterocycles. The van der Waals surface area contributed by atoms with E-state index in [1.807, 2.05) is 60.0 Å². The number of carbonyl (C=O) groups is 1. The van der Waals surface area contributed by atoms with Crippen molar-refractivity contribution < 1.29 is 4.79 Å². The van der Waals surface area contributed by atoms with E-state index < -0.39 is 0 Å². The van der Waals surface area contributed by atoms with Crippen molar-refractivity contribution in [2.24, 2.45) is 7.05 Å². The highest BCUT2D eigenvalue weighted by Gasteiger charge is 2.19. The number of benzene rings is 1. The average Bonchev–Trinajstić information content (AvgIpc) is 3.09. The first-order valence-corrected chi connectivity index (χ1v) is 8.25. The number of amides is 1. The predicted molar refractivity (Wildman–Crippen MR) is 98.1 cm³/mol. The zero-order valence-electron chi connectivity index (χ0n) is 14.4. The van der Waals surface area contributed by atoms with Crippen LogP contribution in [0, 0.1) is 0 Å². The SMILES string of the molecule is C[C@@H](NC(=O)c1cc(=O)n(C)c2ccccc12)c1nnc2ccccn12. The number of nitrogens with one attached hydrogen (secondary N) is 1. The van der Waals surface area contributed by atoms with Gasteiger partial charge in [-0.25, -0.2) is 0 Å². The molecule has 3 aromatic heterocycles. The van der Waals surface area contributed by atoms with Crippen LogP contribution >= 0.6 is 0 Å². The number of aryl methyl sites for hydroxylation is 1. The maximum atomic E-state index is 12.8. The molecule has 1 atom stereocenters. The Balaban J connectivity index is 1.72. The van der Waals surface area contributed by atoms with E-state index in [1.165, 1.54) is 10.6 Å². The van der Waals surface area contributed by atoms with Crippen molar-refractivity contribution in [3.05, 3.63) is 76.5 Å². The first-order valence-electron chi connectivity index (χ1n) is 8.25. The first kappa shape index (κ1) is 16.0. The Labute approximate surface area is 148 Å². The zero-order valence-corrected chi connectivity index (χ0v) is 14.4. The van der Waals surface area contributed by atoms with Crippen molar-refractivity contribution in [2.75, 3.05) is 0 Å². The number of aromatic nitrogens is 4. The molecule has 0 unspecified atom stereocenters. The van der Waals surface area contributed by atoms with E-state index in [4.69, 9.17) is 0 Å². The third kappa shape index (κ3) is 2.54. The summed E-state index contributed by atoms with van der Waals surface area (Å²) in [5.41, 5.74) is 1.55. The fourth-order valence-electron chi connectivity index (χ4n) is 3.09. The molecule has 0 aliphatic rings. The van der Waals surface area contributed by atoms with Crippen molar-refractivity contribution in [3.63, 3.8) is 0 Å². The summed E-state index contributed by atoms with van der Waals surface area (Å²) in [6, 6.07) is 13.9. The highest BCUT2D eigenvalue weighted by molar-refractivity contribution is 6.06. The number of pyridine rings is 2. The molecule has 1 N–H and O–H groups in total. The van der Waals surface area contributed by atoms with Crippen LogP contribution < -0.4 is 10.9 Å². The van der Waals surface area contributed by atoms with Gasteiger partial charge in [0.15, 0.2) is 11.5 Å². The summed E-state index contributed by atoms with van der Waals surface area (Å²) in [7, 11) is 1.69. The molecular formula is C19H17N5O2. The van der Waals surface area contributed by atoms with Gasteiger partial charge >= 0.3 is 0 Å². The third-order valence-electron chi connectivity index (χ3n) is 4.47. The number of para-hydroxylation sites is 1. The van der Waals surface area contributed by atoms with Crippen molar-refractivity contribution in [1.82, 2.24) is 24.5 Å². The number of carbonyl (C=O) groups excluding carboxylic acids is 1. The monoisotopic (exact) mass is 347 g/mol. The Morgan fingerprint density at radius 1 is 1.12 bits per heavy atom. The second kappa shape index (κ2) is 6.11. The van der Waals surface area contributed by atoms with Gasteiger partial charge in [-0.1, -0.05) is 24.3 Å². The normalized spacial score (nSPS) is 12.4. The Bertz CT molecular complexity index is 1190. The topological polar surface area (TPSA) is 81.3 Å². The molecule has 7 nitrogen and oxygen atoms in total. The molecule has 7 heteroatoms. The lowest BCUT2D eigenvalue weighted by molar-refractivity contribution is 0.0939. The van der Waals surface area contributed by atoms with Gasteiger partial charge in [0.25, 0.3) is 11.5 Å². The molecule has 0 aliphatic carbocycles. The third-order valence-corrected chi connectivity index (χ3v) is 4.47. The molecule has 0 spiro atoms. The fourth-order valence-corrected chi connectivity index (χ4v) is 3.09. The lowest BCUT2D eigenvalue weighted by atomic mass is 10.1. The van der Waals surface area contributed by atoms with Gasteiger partial charge in [-0.15, -0.1) is 10.2 Å². The number of rotatable bonds is 3. The Kier molecular flexibility index (Phi) is 3.76. The molecule has 0 aliphatic heterocycles. The predicted octanol–water partition coefficient (Wildman–Crippen LogP) is 2.07. The van der Waals surface area contributed by atoms with E-state index in [1.54, 1.807) is 7.05 Å². The highest BCUT2D eigenvalue weighted by atomic mass is 16.2. The zero-order chi connectivity index (χ0) is 18.3. The molecule has 0 radical (unpaired) electrons. The van der Waals surface area contributed by atoms with E-state index >= 15 is 0 Å². The van der Waals surface area contributed by atoms with Crippen LogP contribution in [0.5, 0.6) is 0 Å². The molecule has 0 saturated heterocycles. The molecule has 0 fully saturated rings. The van der Waals surface area contributed by atoms with Crippen LogP contribution in [0.15, 0.2) is 59.5 Å². The van der Waals surface area contributed by atoms with Gasteiger partial charge in [0.05, 0.1) is 17.1 Å². The van der Waals surface area contributed by atoms with E-state index in [9.17, 15) is 9.59 Å². The van der Waals surface area contributed by atoms with Crippen molar-refractivity contribution in [1.29, 1.82) is 0 Å². The maximum absolute atomic E-state index is 12.8. The molecule has 26 heavy (non-hydrogen) atoms. The Morgan fingerprint density at radius 2 is 1.88 bits per heavy atom. The Morgan fingerprint density at radius 3 is 2.73 bits per heavy atom. The highest BCUT2D eigenvalue weighted by Crippen LogP contribution is 2.18. The molecule has 4 rings (SSSR count). The molecule has 130 valence electrons. The molecule has 0 saturated carbocycles. The standard InChI is InChI=1S/C19H17N5O2/c1-12(18-22-21-16-9-5-6-10-24(16)18)20-19(26)14-11-17(25)23(2)15-8-4-3-7-13(14)15/h3-12H,1-2H3,(H,20,26)/t12-/m1/s1. The van der Waals surface area contributed by atoms with Crippen LogP contribution in [0.1, 0.15) is 29.1 Å². The second-order valence-corrected chi connectivity index (χ2v) is 6.15. The molecular weight excluding hydrogens is 330 g/mol. The molecule has 4 aromatic rings. The van der Waals surface area contributed by atoms with Crippen LogP contribution in [0.2, 0.25) is 0 Å². The minimum absolute atomic E-state index is 0.227. The molecule has 1 amide bonds. The van der Waals surface area contributed by atoms with Crippen molar-refractivity contribution in [3.8, 4) is 0 Å². The fraction of sp³-hybridized carbons (Fsp3) is 0.158. The number of fused-ring (bicyclic) bond motifs is 2. The lowest BCUT2D eigenvalue weighted by Crippen LogP contribution is -2.30. The molecule has 0 bridgehead atoms. The molecule has 1 aromatic carbocycles. The van der Waals surface area contributed by atoms with Crippen LogP contribution in [0.3, 0.4) is 0 Å². The average molecular weight is 347 g/mol. The number of nitrogens with zero attached hydrogens (tertiary/aromatic N) is 4. The van der Waals surface area contributed by atoms with E-state index in [2.05, 4.69) is 15.5 Å². The van der Waals surface area contributed by atoms with E-state index in [0.29, 0.717) is 22.6 Å². The van der Waals surface area contributed by atoms with Gasteiger partial charge in [-0.3, -0.25) is 14.0 Å². The van der Waals surface area contributed by atoms with Gasteiger partial charge in [0.1, 0.15) is 0 Å². The minimum atomic E-state index is -0.372. The summed E-state index contributed by atoms with van der Waals surface area (Å²) >= 11 is 0. The maximum Gasteiger partial charge on any atom is 0.252 e. The van der Waals surface area contributed by atoms with Gasteiger partial charge in [-0.2, -0.15) is 0 Å². The number of hydrogen-bond donors (Lipinski definition) is 1. The van der Waals surface area contributed by atoms with Crippen molar-refractivity contribution in [2.45, 2.75) is 13.0 Å². The number of hydrogen-bond acceptors (Lipinski definition) is 4. The summed E-state index contributed by atoms with van der Waals surface area (Å²) < 4.78 is 3.36. The smallest absolute Gasteiger partial charge is 0.252 e. The Hall–Kier alpha value is -3.48. The quantitative estimate of drug-likeness (QED) is 0.615. The summed E-state index contributed by atoms with van der Waals surface area (Å²) in [6.45, 7) is 1.84. The van der Waals surface area contributed by atoms with Gasteiger partial charge < -0.3 is 9.88 Å². The van der Waals surface area contributed by atoms with Crippen LogP contribution in [0.25, 0.3) is 16.6 Å². The minimum Gasteiger partial charge on any atom is -0.342 e. The van der Waals surface area contributed by atoms with Crippen LogP contribution in [-0.4, -0.2) is 25.1 Å². The van der Waals surface area contributed by atoms with Gasteiger partial charge in [0.2, 0.25) is 0 Å². The van der Waals surface area contributed by atoms with Gasteiger partial charge in [-0.05, 0) is 25.1 Å². The summed E-state index contributed by atoms with van der Waals surface area (Å²) in [6.07, 6.45) is 1.85. The first-order chi connectivity index (χ1) is 12.6. The van der Waals surface area contributed by atoms with Gasteiger partial charge in [0, 0.05) is 24.7 Å². The van der Waals surface area contributed by atoms with E-state index in [0.717, 1.165) is 5.39 Å². The van der Waals surface area contributed by atoms with E-state index in [-0.39, 0.29) is 17.5 Å². The lowest BCUT2D eigenvalue weighted by Gasteiger charge is -2.14. The summed E-state index contributed by atoms with van der Waals surface area (Å²) in [5, 5.41) is 11.9.